The Kier molecular flexibility index (Phi) is 11.6. The number of amides is 4. The number of benzene rings is 4. The minimum Gasteiger partial charge on any atom is -0.453 e. The summed E-state index contributed by atoms with van der Waals surface area (Å²) in [5.41, 5.74) is 10.4. The second-order valence-electron chi connectivity index (χ2n) is 18.7. The van der Waals surface area contributed by atoms with Gasteiger partial charge in [0.25, 0.3) is 0 Å². The molecule has 0 bridgehead atoms. The van der Waals surface area contributed by atoms with Gasteiger partial charge >= 0.3 is 12.2 Å². The van der Waals surface area contributed by atoms with Crippen LogP contribution >= 0.6 is 0 Å². The summed E-state index contributed by atoms with van der Waals surface area (Å²) in [5, 5.41) is 7.86. The maximum atomic E-state index is 14.0. The molecule has 6 aromatic rings. The number of aromatic nitrogens is 4. The fraction of sp³-hybridized carbons (Fsp3) is 0.412. The summed E-state index contributed by atoms with van der Waals surface area (Å²) < 4.78 is 9.64. The van der Waals surface area contributed by atoms with Gasteiger partial charge in [0.1, 0.15) is 23.7 Å². The minimum absolute atomic E-state index is 0.0992. The van der Waals surface area contributed by atoms with Crippen LogP contribution in [0.15, 0.2) is 72.9 Å². The number of hydrogen-bond acceptors (Lipinski definition) is 8. The van der Waals surface area contributed by atoms with E-state index in [2.05, 4.69) is 101 Å². The second kappa shape index (κ2) is 17.4. The van der Waals surface area contributed by atoms with Crippen molar-refractivity contribution in [2.75, 3.05) is 20.8 Å². The highest BCUT2D eigenvalue weighted by Crippen LogP contribution is 2.53. The van der Waals surface area contributed by atoms with Gasteiger partial charge < -0.3 is 39.9 Å². The third kappa shape index (κ3) is 8.08. The molecule has 1 saturated carbocycles. The molecular weight excluding hydrogens is 821 g/mol. The van der Waals surface area contributed by atoms with Crippen LogP contribution < -0.4 is 10.6 Å². The smallest absolute Gasteiger partial charge is 0.407 e. The number of rotatable bonds is 11. The molecule has 1 aliphatic carbocycles. The Morgan fingerprint density at radius 1 is 0.708 bits per heavy atom. The Labute approximate surface area is 378 Å². The zero-order valence-corrected chi connectivity index (χ0v) is 38.3. The molecule has 9 rings (SSSR count). The van der Waals surface area contributed by atoms with Gasteiger partial charge in [-0.3, -0.25) is 9.59 Å². The number of aromatic amines is 2. The number of nitrogens with one attached hydrogen (secondary N) is 4. The van der Waals surface area contributed by atoms with Crippen molar-refractivity contribution in [1.82, 2.24) is 40.4 Å². The van der Waals surface area contributed by atoms with E-state index in [1.807, 2.05) is 43.7 Å². The summed E-state index contributed by atoms with van der Waals surface area (Å²) in [4.78, 5) is 72.6. The van der Waals surface area contributed by atoms with Crippen molar-refractivity contribution in [1.29, 1.82) is 0 Å². The number of likely N-dealkylation sites (tertiary alicyclic amines) is 2. The number of H-pyrrole nitrogens is 2. The molecule has 2 unspecified atom stereocenters. The molecule has 14 nitrogen and oxygen atoms in total. The van der Waals surface area contributed by atoms with Gasteiger partial charge in [-0.25, -0.2) is 19.6 Å². The lowest BCUT2D eigenvalue weighted by Gasteiger charge is -2.31. The van der Waals surface area contributed by atoms with Crippen LogP contribution in [0.1, 0.15) is 88.2 Å². The van der Waals surface area contributed by atoms with Crippen LogP contribution in [0.2, 0.25) is 0 Å². The summed E-state index contributed by atoms with van der Waals surface area (Å²) in [6.45, 7) is 12.6. The van der Waals surface area contributed by atoms with Crippen LogP contribution in [-0.4, -0.2) is 92.6 Å². The highest BCUT2D eigenvalue weighted by atomic mass is 16.5. The fourth-order valence-electron chi connectivity index (χ4n) is 10.2. The summed E-state index contributed by atoms with van der Waals surface area (Å²) in [7, 11) is 2.61. The van der Waals surface area contributed by atoms with Crippen molar-refractivity contribution in [2.45, 2.75) is 97.4 Å². The predicted octanol–water partition coefficient (Wildman–Crippen LogP) is 9.14. The first-order valence-electron chi connectivity index (χ1n) is 22.8. The number of ether oxygens (including phenoxy) is 2. The summed E-state index contributed by atoms with van der Waals surface area (Å²) in [6.07, 6.45) is 4.01. The molecule has 14 heteroatoms. The van der Waals surface area contributed by atoms with Crippen LogP contribution in [0, 0.1) is 31.6 Å². The van der Waals surface area contributed by atoms with Crippen LogP contribution in [-0.2, 0) is 19.1 Å². The second-order valence-corrected chi connectivity index (χ2v) is 18.7. The van der Waals surface area contributed by atoms with Gasteiger partial charge in [0.15, 0.2) is 0 Å². The van der Waals surface area contributed by atoms with E-state index < -0.39 is 24.3 Å². The molecule has 338 valence electrons. The van der Waals surface area contributed by atoms with E-state index in [4.69, 9.17) is 19.4 Å². The molecule has 6 atom stereocenters. The quantitative estimate of drug-likeness (QED) is 0.0997. The Morgan fingerprint density at radius 3 is 1.94 bits per heavy atom. The highest BCUT2D eigenvalue weighted by molar-refractivity contribution is 6.08. The molecule has 2 saturated heterocycles. The van der Waals surface area contributed by atoms with Crippen LogP contribution in [0.25, 0.3) is 55.3 Å². The fourth-order valence-corrected chi connectivity index (χ4v) is 10.2. The van der Waals surface area contributed by atoms with Crippen LogP contribution in [0.5, 0.6) is 0 Å². The first-order valence-corrected chi connectivity index (χ1v) is 22.8. The Bertz CT molecular complexity index is 2810. The van der Waals surface area contributed by atoms with Crippen molar-refractivity contribution >= 4 is 45.8 Å². The first kappa shape index (κ1) is 43.5. The zero-order chi connectivity index (χ0) is 45.8. The molecular formula is C51H58N8O6. The lowest BCUT2D eigenvalue weighted by molar-refractivity contribution is -0.137. The molecule has 4 N–H and O–H groups in total. The van der Waals surface area contributed by atoms with E-state index in [9.17, 15) is 19.2 Å². The highest BCUT2D eigenvalue weighted by Gasteiger charge is 2.56. The predicted molar refractivity (Wildman–Crippen MR) is 250 cm³/mol. The standard InChI is InChI=1S/C51H58N8O6/c1-26(2)44(56-50(62)64-7)48(60)58-21-9-10-39(58)46-52-25-38(55-46)31-15-13-30(14-16-31)34-18-19-35(43-29(6)12-11-28(5)42(34)43)32-17-20-36-37(22-32)54-47(53-36)41-24-33-23-40(33)59(41)49(61)45(27(3)4)57-51(63)65-8/h11-20,22,25-27,33,39-41,44-45H,9-10,21,23-24H2,1-8H3,(H,52,55)(H,53,54)(H,56,62)(H,57,63)/t33?,39-,40?,41-,44-,45-/m0/s1. The average molecular weight is 879 g/mol. The largest absolute Gasteiger partial charge is 0.453 e. The average Bonchev–Trinajstić information content (AvgIpc) is 3.81. The lowest BCUT2D eigenvalue weighted by Crippen LogP contribution is -2.52. The van der Waals surface area contributed by atoms with Crippen molar-refractivity contribution in [3.63, 3.8) is 0 Å². The molecule has 3 aliphatic rings. The number of carbonyl (C=O) groups is 4. The Morgan fingerprint density at radius 2 is 1.31 bits per heavy atom. The monoisotopic (exact) mass is 878 g/mol. The molecule has 4 aromatic carbocycles. The molecule has 65 heavy (non-hydrogen) atoms. The zero-order valence-electron chi connectivity index (χ0n) is 38.3. The number of fused-ring (bicyclic) bond motifs is 3. The van der Waals surface area contributed by atoms with Crippen molar-refractivity contribution < 1.29 is 28.7 Å². The molecule has 4 heterocycles. The minimum atomic E-state index is -0.696. The summed E-state index contributed by atoms with van der Waals surface area (Å²) in [6, 6.07) is 22.0. The van der Waals surface area contributed by atoms with Gasteiger partial charge in [0.2, 0.25) is 11.8 Å². The first-order chi connectivity index (χ1) is 31.3. The number of nitrogens with zero attached hydrogens (tertiary/aromatic N) is 4. The van der Waals surface area contributed by atoms with Gasteiger partial charge in [0.05, 0.1) is 49.2 Å². The number of hydrogen-bond donors (Lipinski definition) is 4. The van der Waals surface area contributed by atoms with Gasteiger partial charge in [-0.2, -0.15) is 0 Å². The van der Waals surface area contributed by atoms with Gasteiger partial charge in [-0.05, 0) is 119 Å². The van der Waals surface area contributed by atoms with Crippen molar-refractivity contribution in [3.05, 3.63) is 95.7 Å². The van der Waals surface area contributed by atoms with Gasteiger partial charge in [0, 0.05) is 12.6 Å². The number of aryl methyl sites for hydroxylation is 2. The van der Waals surface area contributed by atoms with Crippen molar-refractivity contribution in [3.8, 4) is 33.5 Å². The number of methoxy groups -OCH3 is 2. The van der Waals surface area contributed by atoms with Crippen LogP contribution in [0.4, 0.5) is 9.59 Å². The lowest BCUT2D eigenvalue weighted by atomic mass is 9.87. The number of imidazole rings is 2. The van der Waals surface area contributed by atoms with E-state index >= 15 is 0 Å². The van der Waals surface area contributed by atoms with Gasteiger partial charge in [-0.1, -0.05) is 82.3 Å². The normalized spacial score (nSPS) is 20.0. The topological polar surface area (TPSA) is 175 Å². The molecule has 2 aromatic heterocycles. The number of carbonyl (C=O) groups excluding carboxylic acids is 4. The maximum Gasteiger partial charge on any atom is 0.407 e. The maximum absolute atomic E-state index is 14.0. The molecule has 4 amide bonds. The SMILES string of the molecule is COC(=O)N[C@H](C(=O)N1CCC[C@H]1c1ncc(-c2ccc(-c3ccc(-c4ccc5nc([C@@H]6CC7CC7N6C(=O)[C@@H](NC(=O)OC)C(C)C)[nH]c5c4)c4c(C)ccc(C)c34)cc2)[nH]1)C(C)C. The third-order valence-corrected chi connectivity index (χ3v) is 13.8. The van der Waals surface area contributed by atoms with E-state index in [0.717, 1.165) is 81.9 Å². The molecule has 2 aliphatic heterocycles. The number of piperidine rings is 1. The van der Waals surface area contributed by atoms with Crippen LogP contribution in [0.3, 0.4) is 0 Å². The summed E-state index contributed by atoms with van der Waals surface area (Å²) in [5.74, 6) is 1.46. The molecule has 0 spiro atoms. The Hall–Kier alpha value is -6.70. The number of alkyl carbamates (subject to hydrolysis) is 2. The third-order valence-electron chi connectivity index (χ3n) is 13.8. The molecule has 3 fully saturated rings. The van der Waals surface area contributed by atoms with E-state index in [1.54, 1.807) is 0 Å². The molecule has 0 radical (unpaired) electrons. The van der Waals surface area contributed by atoms with E-state index in [-0.39, 0.29) is 41.8 Å². The van der Waals surface area contributed by atoms with E-state index in [1.165, 1.54) is 36.1 Å². The Balaban J connectivity index is 0.976. The van der Waals surface area contributed by atoms with Crippen molar-refractivity contribution in [2.24, 2.45) is 17.8 Å². The van der Waals surface area contributed by atoms with E-state index in [0.29, 0.717) is 12.5 Å². The van der Waals surface area contributed by atoms with Gasteiger partial charge in [-0.15, -0.1) is 0 Å². The summed E-state index contributed by atoms with van der Waals surface area (Å²) >= 11 is 0.